The number of hydrogen-bond donors (Lipinski definition) is 1. The van der Waals surface area contributed by atoms with Crippen molar-refractivity contribution in [3.63, 3.8) is 0 Å². The molecule has 0 saturated carbocycles. The van der Waals surface area contributed by atoms with E-state index in [4.69, 9.17) is 20.9 Å². The van der Waals surface area contributed by atoms with Gasteiger partial charge in [0.05, 0.1) is 24.6 Å². The van der Waals surface area contributed by atoms with Crippen LogP contribution in [0.15, 0.2) is 57.9 Å². The molecule has 0 fully saturated rings. The number of benzene rings is 2. The number of aromatic nitrogens is 2. The standard InChI is InChI=1S/C20H21ClN4O5S/c1-3-29-16-8-4-14(5-9-16)20-23-19(30-24-20)12-22-18(26)13-25(2)31(27,28)17-10-6-15(21)7-11-17/h4-11H,3,12-13H2,1-2H3,(H,22,26). The van der Waals surface area contributed by atoms with Crippen LogP contribution in [0.2, 0.25) is 5.02 Å². The van der Waals surface area contributed by atoms with Gasteiger partial charge in [0, 0.05) is 17.6 Å². The van der Waals surface area contributed by atoms with Crippen LogP contribution < -0.4 is 10.1 Å². The Balaban J connectivity index is 1.55. The number of rotatable bonds is 9. The summed E-state index contributed by atoms with van der Waals surface area (Å²) in [6.45, 7) is 2.07. The summed E-state index contributed by atoms with van der Waals surface area (Å²) in [7, 11) is -2.50. The van der Waals surface area contributed by atoms with Gasteiger partial charge in [-0.05, 0) is 55.5 Å². The normalized spacial score (nSPS) is 11.5. The second kappa shape index (κ2) is 9.90. The van der Waals surface area contributed by atoms with Crippen LogP contribution in [0.25, 0.3) is 11.4 Å². The van der Waals surface area contributed by atoms with E-state index in [9.17, 15) is 13.2 Å². The minimum absolute atomic E-state index is 0.0301. The second-order valence-corrected chi connectivity index (χ2v) is 8.94. The zero-order valence-electron chi connectivity index (χ0n) is 16.9. The Bertz CT molecular complexity index is 1130. The Morgan fingerprint density at radius 3 is 2.48 bits per heavy atom. The summed E-state index contributed by atoms with van der Waals surface area (Å²) >= 11 is 5.79. The van der Waals surface area contributed by atoms with Gasteiger partial charge in [-0.2, -0.15) is 9.29 Å². The third-order valence-electron chi connectivity index (χ3n) is 4.22. The molecule has 1 N–H and O–H groups in total. The Labute approximate surface area is 185 Å². The van der Waals surface area contributed by atoms with E-state index >= 15 is 0 Å². The first-order chi connectivity index (χ1) is 14.8. The number of carbonyl (C=O) groups is 1. The van der Waals surface area contributed by atoms with E-state index < -0.39 is 15.9 Å². The summed E-state index contributed by atoms with van der Waals surface area (Å²) in [6.07, 6.45) is 0. The molecule has 1 heterocycles. The molecule has 0 bridgehead atoms. The fourth-order valence-electron chi connectivity index (χ4n) is 2.61. The zero-order chi connectivity index (χ0) is 22.4. The average molecular weight is 465 g/mol. The number of nitrogens with zero attached hydrogens (tertiary/aromatic N) is 3. The van der Waals surface area contributed by atoms with Crippen molar-refractivity contribution in [2.75, 3.05) is 20.2 Å². The Hall–Kier alpha value is -2.95. The Kier molecular flexibility index (Phi) is 7.26. The average Bonchev–Trinajstić information content (AvgIpc) is 3.22. The Morgan fingerprint density at radius 1 is 1.16 bits per heavy atom. The monoisotopic (exact) mass is 464 g/mol. The molecular weight excluding hydrogens is 444 g/mol. The van der Waals surface area contributed by atoms with E-state index in [1.54, 1.807) is 24.3 Å². The predicted octanol–water partition coefficient (Wildman–Crippen LogP) is 2.73. The number of halogens is 1. The van der Waals surface area contributed by atoms with Gasteiger partial charge in [0.2, 0.25) is 27.6 Å². The molecule has 0 radical (unpaired) electrons. The van der Waals surface area contributed by atoms with Gasteiger partial charge in [0.1, 0.15) is 5.75 Å². The van der Waals surface area contributed by atoms with Crippen molar-refractivity contribution in [2.24, 2.45) is 0 Å². The minimum atomic E-state index is -3.82. The van der Waals surface area contributed by atoms with Crippen LogP contribution in [0, 0.1) is 0 Å². The third-order valence-corrected chi connectivity index (χ3v) is 6.29. The van der Waals surface area contributed by atoms with Gasteiger partial charge in [0.15, 0.2) is 0 Å². The van der Waals surface area contributed by atoms with Crippen molar-refractivity contribution in [2.45, 2.75) is 18.4 Å². The first kappa shape index (κ1) is 22.7. The second-order valence-electron chi connectivity index (χ2n) is 6.46. The molecule has 2 aromatic carbocycles. The molecule has 1 amide bonds. The number of hydrogen-bond acceptors (Lipinski definition) is 7. The lowest BCUT2D eigenvalue weighted by Crippen LogP contribution is -2.38. The Morgan fingerprint density at radius 2 is 1.84 bits per heavy atom. The zero-order valence-corrected chi connectivity index (χ0v) is 18.5. The van der Waals surface area contributed by atoms with Gasteiger partial charge in [-0.15, -0.1) is 0 Å². The molecule has 3 aromatic rings. The maximum atomic E-state index is 12.5. The molecule has 9 nitrogen and oxygen atoms in total. The molecule has 0 aliphatic carbocycles. The van der Waals surface area contributed by atoms with Crippen molar-refractivity contribution in [3.8, 4) is 17.1 Å². The van der Waals surface area contributed by atoms with Crippen molar-refractivity contribution >= 4 is 27.5 Å². The van der Waals surface area contributed by atoms with Crippen molar-refractivity contribution in [1.82, 2.24) is 19.8 Å². The van der Waals surface area contributed by atoms with Crippen molar-refractivity contribution in [3.05, 3.63) is 59.4 Å². The van der Waals surface area contributed by atoms with Crippen LogP contribution in [0.5, 0.6) is 5.75 Å². The first-order valence-corrected chi connectivity index (χ1v) is 11.2. The van der Waals surface area contributed by atoms with E-state index in [1.165, 1.54) is 31.3 Å². The highest BCUT2D eigenvalue weighted by Gasteiger charge is 2.23. The highest BCUT2D eigenvalue weighted by Crippen LogP contribution is 2.20. The lowest BCUT2D eigenvalue weighted by Gasteiger charge is -2.16. The number of amides is 1. The number of likely N-dealkylation sites (N-methyl/N-ethyl adjacent to an activating group) is 1. The molecule has 0 spiro atoms. The van der Waals surface area contributed by atoms with Crippen LogP contribution in [0.4, 0.5) is 0 Å². The molecule has 1 aromatic heterocycles. The summed E-state index contributed by atoms with van der Waals surface area (Å²) in [4.78, 5) is 16.5. The van der Waals surface area contributed by atoms with Gasteiger partial charge >= 0.3 is 0 Å². The molecule has 0 unspecified atom stereocenters. The molecule has 0 saturated heterocycles. The summed E-state index contributed by atoms with van der Waals surface area (Å²) in [6, 6.07) is 12.9. The molecule has 0 aliphatic rings. The first-order valence-electron chi connectivity index (χ1n) is 9.34. The highest BCUT2D eigenvalue weighted by molar-refractivity contribution is 7.89. The summed E-state index contributed by atoms with van der Waals surface area (Å²) in [5.74, 6) is 0.788. The van der Waals surface area contributed by atoms with Crippen LogP contribution in [0.1, 0.15) is 12.8 Å². The van der Waals surface area contributed by atoms with E-state index in [-0.39, 0.29) is 23.9 Å². The summed E-state index contributed by atoms with van der Waals surface area (Å²) in [5.41, 5.74) is 0.735. The van der Waals surface area contributed by atoms with Gasteiger partial charge in [0.25, 0.3) is 0 Å². The maximum Gasteiger partial charge on any atom is 0.246 e. The predicted molar refractivity (Wildman–Crippen MR) is 114 cm³/mol. The number of ether oxygens (including phenoxy) is 1. The molecule has 164 valence electrons. The topological polar surface area (TPSA) is 115 Å². The molecule has 11 heteroatoms. The lowest BCUT2D eigenvalue weighted by atomic mass is 10.2. The highest BCUT2D eigenvalue weighted by atomic mass is 35.5. The van der Waals surface area contributed by atoms with Crippen LogP contribution in [0.3, 0.4) is 0 Å². The molecule has 3 rings (SSSR count). The van der Waals surface area contributed by atoms with Gasteiger partial charge in [-0.3, -0.25) is 4.79 Å². The SMILES string of the molecule is CCOc1ccc(-c2noc(CNC(=O)CN(C)S(=O)(=O)c3ccc(Cl)cc3)n2)cc1. The van der Waals surface area contributed by atoms with Gasteiger partial charge in [-0.1, -0.05) is 16.8 Å². The number of sulfonamides is 1. The van der Waals surface area contributed by atoms with E-state index in [1.807, 2.05) is 6.92 Å². The summed E-state index contributed by atoms with van der Waals surface area (Å²) < 4.78 is 36.6. The molecule has 31 heavy (non-hydrogen) atoms. The van der Waals surface area contributed by atoms with Crippen molar-refractivity contribution in [1.29, 1.82) is 0 Å². The fraction of sp³-hybridized carbons (Fsp3) is 0.250. The minimum Gasteiger partial charge on any atom is -0.494 e. The smallest absolute Gasteiger partial charge is 0.246 e. The van der Waals surface area contributed by atoms with Crippen LogP contribution in [-0.2, 0) is 21.4 Å². The fourth-order valence-corrected chi connectivity index (χ4v) is 3.87. The van der Waals surface area contributed by atoms with Crippen LogP contribution >= 0.6 is 11.6 Å². The molecular formula is C20H21ClN4O5S. The van der Waals surface area contributed by atoms with Gasteiger partial charge < -0.3 is 14.6 Å². The van der Waals surface area contributed by atoms with Crippen molar-refractivity contribution < 1.29 is 22.5 Å². The lowest BCUT2D eigenvalue weighted by molar-refractivity contribution is -0.121. The number of carbonyl (C=O) groups excluding carboxylic acids is 1. The van der Waals surface area contributed by atoms with Gasteiger partial charge in [-0.25, -0.2) is 8.42 Å². The quantitative estimate of drug-likeness (QED) is 0.517. The maximum absolute atomic E-state index is 12.5. The van der Waals surface area contributed by atoms with E-state index in [0.29, 0.717) is 17.5 Å². The van der Waals surface area contributed by atoms with Crippen LogP contribution in [-0.4, -0.2) is 49.0 Å². The molecule has 0 atom stereocenters. The molecule has 0 aliphatic heterocycles. The van der Waals surface area contributed by atoms with E-state index in [0.717, 1.165) is 15.6 Å². The van der Waals surface area contributed by atoms with E-state index in [2.05, 4.69) is 15.5 Å². The third kappa shape index (κ3) is 5.81. The largest absolute Gasteiger partial charge is 0.494 e. The summed E-state index contributed by atoms with van der Waals surface area (Å²) in [5, 5.41) is 6.88. The number of nitrogens with one attached hydrogen (secondary N) is 1.